The molecule has 2 aromatic heterocycles. The van der Waals surface area contributed by atoms with Gasteiger partial charge in [-0.05, 0) is 12.1 Å². The number of carbonyl (C=O) groups excluding carboxylic acids is 1. The third-order valence-electron chi connectivity index (χ3n) is 4.96. The Bertz CT molecular complexity index is 732. The first kappa shape index (κ1) is 16.2. The average molecular weight is 341 g/mol. The van der Waals surface area contributed by atoms with E-state index in [-0.39, 0.29) is 12.0 Å². The summed E-state index contributed by atoms with van der Waals surface area (Å²) in [6.45, 7) is 4.62. The van der Waals surface area contributed by atoms with Crippen LogP contribution in [0.4, 0.5) is 0 Å². The van der Waals surface area contributed by atoms with Crippen molar-refractivity contribution in [2.24, 2.45) is 13.0 Å². The van der Waals surface area contributed by atoms with Crippen molar-refractivity contribution in [1.29, 1.82) is 0 Å². The second kappa shape index (κ2) is 6.93. The number of rotatable bonds is 3. The molecule has 4 rings (SSSR count). The second-order valence-corrected chi connectivity index (χ2v) is 6.84. The number of amides is 1. The number of pyridine rings is 1. The van der Waals surface area contributed by atoms with Crippen LogP contribution >= 0.6 is 0 Å². The molecule has 25 heavy (non-hydrogen) atoms. The predicted molar refractivity (Wildman–Crippen MR) is 91.9 cm³/mol. The molecule has 0 N–H and O–H groups in total. The minimum Gasteiger partial charge on any atom is -0.375 e. The molecule has 7 heteroatoms. The van der Waals surface area contributed by atoms with Crippen LogP contribution in [-0.2, 0) is 18.3 Å². The van der Waals surface area contributed by atoms with Gasteiger partial charge in [-0.3, -0.25) is 19.4 Å². The number of fused-ring (bicyclic) bond motifs is 1. The molecule has 2 aliphatic heterocycles. The molecule has 0 saturated carbocycles. The van der Waals surface area contributed by atoms with E-state index in [4.69, 9.17) is 4.74 Å². The lowest BCUT2D eigenvalue weighted by Gasteiger charge is -2.23. The Morgan fingerprint density at radius 1 is 1.32 bits per heavy atom. The zero-order chi connectivity index (χ0) is 17.2. The van der Waals surface area contributed by atoms with Gasteiger partial charge in [0.1, 0.15) is 0 Å². The van der Waals surface area contributed by atoms with Gasteiger partial charge < -0.3 is 9.64 Å². The topological polar surface area (TPSA) is 63.5 Å². The summed E-state index contributed by atoms with van der Waals surface area (Å²) in [7, 11) is 1.82. The first-order chi connectivity index (χ1) is 12.2. The zero-order valence-electron chi connectivity index (χ0n) is 14.4. The summed E-state index contributed by atoms with van der Waals surface area (Å²) in [5.74, 6) is 0.382. The van der Waals surface area contributed by atoms with Gasteiger partial charge in [0.2, 0.25) is 0 Å². The molecule has 2 aromatic rings. The van der Waals surface area contributed by atoms with Gasteiger partial charge in [-0.25, -0.2) is 0 Å². The van der Waals surface area contributed by atoms with E-state index in [2.05, 4.69) is 15.0 Å². The molecule has 0 unspecified atom stereocenters. The third-order valence-corrected chi connectivity index (χ3v) is 4.96. The highest BCUT2D eigenvalue weighted by Gasteiger charge is 2.37. The quantitative estimate of drug-likeness (QED) is 0.826. The summed E-state index contributed by atoms with van der Waals surface area (Å²) in [6.07, 6.45) is 5.42. The van der Waals surface area contributed by atoms with Gasteiger partial charge in [0.15, 0.2) is 0 Å². The maximum atomic E-state index is 12.7. The van der Waals surface area contributed by atoms with Crippen molar-refractivity contribution in [1.82, 2.24) is 24.6 Å². The van der Waals surface area contributed by atoms with Crippen LogP contribution in [0.2, 0.25) is 0 Å². The normalized spacial score (nSPS) is 24.1. The Balaban J connectivity index is 1.41. The summed E-state index contributed by atoms with van der Waals surface area (Å²) in [6, 6.07) is 6.00. The molecule has 2 fully saturated rings. The van der Waals surface area contributed by atoms with Crippen molar-refractivity contribution in [3.63, 3.8) is 0 Å². The molecular weight excluding hydrogens is 318 g/mol. The van der Waals surface area contributed by atoms with E-state index in [0.29, 0.717) is 24.6 Å². The lowest BCUT2D eigenvalue weighted by atomic mass is 10.1. The molecule has 7 nitrogen and oxygen atoms in total. The van der Waals surface area contributed by atoms with Crippen molar-refractivity contribution in [2.75, 3.05) is 32.8 Å². The van der Waals surface area contributed by atoms with Gasteiger partial charge in [0, 0.05) is 58.1 Å². The standard InChI is InChI=1S/C18H23N5O2/c1-21-9-14(8-20-21)18(24)23-6-7-25-17-13-22(10-15(17)11-23)12-16-4-2-3-5-19-16/h2-5,8-9,15,17H,6-7,10-13H2,1H3/t15-,17-/m1/s1. The van der Waals surface area contributed by atoms with E-state index >= 15 is 0 Å². The number of ether oxygens (including phenoxy) is 1. The first-order valence-corrected chi connectivity index (χ1v) is 8.71. The largest absolute Gasteiger partial charge is 0.375 e. The number of carbonyl (C=O) groups is 1. The van der Waals surface area contributed by atoms with Crippen LogP contribution in [0.25, 0.3) is 0 Å². The van der Waals surface area contributed by atoms with Crippen LogP contribution in [-0.4, -0.2) is 69.4 Å². The molecule has 2 atom stereocenters. The van der Waals surface area contributed by atoms with E-state index in [1.165, 1.54) is 0 Å². The molecule has 0 radical (unpaired) electrons. The summed E-state index contributed by atoms with van der Waals surface area (Å²) in [5.41, 5.74) is 1.71. The van der Waals surface area contributed by atoms with Crippen LogP contribution in [0.3, 0.4) is 0 Å². The Kier molecular flexibility index (Phi) is 4.50. The lowest BCUT2D eigenvalue weighted by molar-refractivity contribution is 0.0500. The Labute approximate surface area is 147 Å². The fraction of sp³-hybridized carbons (Fsp3) is 0.500. The fourth-order valence-electron chi connectivity index (χ4n) is 3.73. The van der Waals surface area contributed by atoms with Crippen molar-refractivity contribution >= 4 is 5.91 Å². The molecule has 2 aliphatic rings. The minimum atomic E-state index is 0.0422. The fourth-order valence-corrected chi connectivity index (χ4v) is 3.73. The molecule has 4 heterocycles. The molecular formula is C18H23N5O2. The molecule has 1 amide bonds. The van der Waals surface area contributed by atoms with E-state index in [1.54, 1.807) is 17.1 Å². The number of hydrogen-bond donors (Lipinski definition) is 0. The van der Waals surface area contributed by atoms with Crippen molar-refractivity contribution in [3.8, 4) is 0 Å². The molecule has 0 spiro atoms. The lowest BCUT2D eigenvalue weighted by Crippen LogP contribution is -2.37. The zero-order valence-corrected chi connectivity index (χ0v) is 14.4. The van der Waals surface area contributed by atoms with Gasteiger partial charge in [-0.1, -0.05) is 6.07 Å². The van der Waals surface area contributed by atoms with E-state index < -0.39 is 0 Å². The van der Waals surface area contributed by atoms with Crippen molar-refractivity contribution < 1.29 is 9.53 Å². The smallest absolute Gasteiger partial charge is 0.257 e. The Hall–Kier alpha value is -2.25. The monoisotopic (exact) mass is 341 g/mol. The number of aryl methyl sites for hydroxylation is 1. The Morgan fingerprint density at radius 2 is 2.24 bits per heavy atom. The second-order valence-electron chi connectivity index (χ2n) is 6.84. The van der Waals surface area contributed by atoms with Crippen LogP contribution in [0.15, 0.2) is 36.8 Å². The van der Waals surface area contributed by atoms with Crippen molar-refractivity contribution in [2.45, 2.75) is 12.6 Å². The highest BCUT2D eigenvalue weighted by molar-refractivity contribution is 5.93. The highest BCUT2D eigenvalue weighted by Crippen LogP contribution is 2.25. The van der Waals surface area contributed by atoms with E-state index in [1.807, 2.05) is 36.3 Å². The minimum absolute atomic E-state index is 0.0422. The molecule has 0 aliphatic carbocycles. The molecule has 2 saturated heterocycles. The van der Waals surface area contributed by atoms with Crippen LogP contribution in [0, 0.1) is 5.92 Å². The first-order valence-electron chi connectivity index (χ1n) is 8.71. The number of aromatic nitrogens is 3. The van der Waals surface area contributed by atoms with Gasteiger partial charge in [0.25, 0.3) is 5.91 Å². The van der Waals surface area contributed by atoms with Crippen LogP contribution in [0.5, 0.6) is 0 Å². The van der Waals surface area contributed by atoms with Gasteiger partial charge in [-0.2, -0.15) is 5.10 Å². The molecule has 0 bridgehead atoms. The van der Waals surface area contributed by atoms with E-state index in [9.17, 15) is 4.79 Å². The summed E-state index contributed by atoms with van der Waals surface area (Å²) < 4.78 is 7.70. The average Bonchev–Trinajstić information content (AvgIpc) is 3.15. The molecule has 132 valence electrons. The van der Waals surface area contributed by atoms with Crippen molar-refractivity contribution in [3.05, 3.63) is 48.0 Å². The maximum absolute atomic E-state index is 12.7. The Morgan fingerprint density at radius 3 is 3.00 bits per heavy atom. The summed E-state index contributed by atoms with van der Waals surface area (Å²) in [5, 5.41) is 4.10. The summed E-state index contributed by atoms with van der Waals surface area (Å²) in [4.78, 5) is 21.4. The van der Waals surface area contributed by atoms with Crippen LogP contribution in [0.1, 0.15) is 16.1 Å². The highest BCUT2D eigenvalue weighted by atomic mass is 16.5. The van der Waals surface area contributed by atoms with Gasteiger partial charge in [0.05, 0.1) is 30.2 Å². The SMILES string of the molecule is Cn1cc(C(=O)N2CCO[C@@H]3CN(Cc4ccccn4)C[C@@H]3C2)cn1. The molecule has 0 aromatic carbocycles. The van der Waals surface area contributed by atoms with E-state index in [0.717, 1.165) is 31.9 Å². The number of likely N-dealkylation sites (tertiary alicyclic amines) is 1. The number of nitrogens with zero attached hydrogens (tertiary/aromatic N) is 5. The predicted octanol–water partition coefficient (Wildman–Crippen LogP) is 0.788. The van der Waals surface area contributed by atoms with Crippen LogP contribution < -0.4 is 0 Å². The van der Waals surface area contributed by atoms with Gasteiger partial charge >= 0.3 is 0 Å². The maximum Gasteiger partial charge on any atom is 0.257 e. The number of hydrogen-bond acceptors (Lipinski definition) is 5. The van der Waals surface area contributed by atoms with Gasteiger partial charge in [-0.15, -0.1) is 0 Å². The summed E-state index contributed by atoms with van der Waals surface area (Å²) >= 11 is 0. The third kappa shape index (κ3) is 3.57.